The molecule has 0 heterocycles. The molecule has 0 fully saturated rings. The highest BCUT2D eigenvalue weighted by molar-refractivity contribution is 6.35. The first-order chi connectivity index (χ1) is 12.5. The van der Waals surface area contributed by atoms with Crippen LogP contribution < -0.4 is 15.5 Å². The van der Waals surface area contributed by atoms with Gasteiger partial charge in [-0.25, -0.2) is 5.43 Å². The maximum Gasteiger partial charge on any atom is 0.329 e. The van der Waals surface area contributed by atoms with Gasteiger partial charge in [-0.2, -0.15) is 5.10 Å². The molecule has 0 aliphatic rings. The van der Waals surface area contributed by atoms with Gasteiger partial charge in [0, 0.05) is 12.6 Å². The second-order valence-electron chi connectivity index (χ2n) is 5.05. The minimum atomic E-state index is -0.978. The molecule has 2 aromatic rings. The molecule has 0 bridgehead atoms. The zero-order valence-electron chi connectivity index (χ0n) is 13.8. The first-order valence-electron chi connectivity index (χ1n) is 7.49. The number of hydrazone groups is 1. The summed E-state index contributed by atoms with van der Waals surface area (Å²) >= 11 is 0. The van der Waals surface area contributed by atoms with E-state index in [1.54, 1.807) is 37.4 Å². The molecular formula is C17H16N4O5. The minimum Gasteiger partial charge on any atom is -0.497 e. The van der Waals surface area contributed by atoms with Crippen LogP contribution in [0.4, 0.5) is 5.69 Å². The number of nitro groups is 1. The van der Waals surface area contributed by atoms with Crippen molar-refractivity contribution in [2.45, 2.75) is 6.54 Å². The van der Waals surface area contributed by atoms with E-state index in [4.69, 9.17) is 4.74 Å². The van der Waals surface area contributed by atoms with Crippen molar-refractivity contribution in [3.05, 3.63) is 69.8 Å². The molecule has 134 valence electrons. The summed E-state index contributed by atoms with van der Waals surface area (Å²) < 4.78 is 5.03. The quantitative estimate of drug-likeness (QED) is 0.350. The third kappa shape index (κ3) is 5.13. The van der Waals surface area contributed by atoms with Crippen molar-refractivity contribution in [3.63, 3.8) is 0 Å². The Labute approximate surface area is 148 Å². The Morgan fingerprint density at radius 2 is 1.85 bits per heavy atom. The van der Waals surface area contributed by atoms with Crippen LogP contribution in [0.1, 0.15) is 11.1 Å². The summed E-state index contributed by atoms with van der Waals surface area (Å²) in [5.74, 6) is -1.17. The van der Waals surface area contributed by atoms with E-state index in [0.29, 0.717) is 5.75 Å². The minimum absolute atomic E-state index is 0.157. The van der Waals surface area contributed by atoms with Gasteiger partial charge < -0.3 is 10.1 Å². The zero-order valence-corrected chi connectivity index (χ0v) is 13.8. The number of methoxy groups -OCH3 is 1. The van der Waals surface area contributed by atoms with Crippen molar-refractivity contribution in [2.24, 2.45) is 5.10 Å². The van der Waals surface area contributed by atoms with Crippen molar-refractivity contribution in [1.29, 1.82) is 0 Å². The van der Waals surface area contributed by atoms with E-state index in [9.17, 15) is 19.7 Å². The largest absolute Gasteiger partial charge is 0.497 e. The molecule has 9 heteroatoms. The number of benzene rings is 2. The van der Waals surface area contributed by atoms with Gasteiger partial charge in [0.05, 0.1) is 23.8 Å². The summed E-state index contributed by atoms with van der Waals surface area (Å²) in [5, 5.41) is 16.9. The van der Waals surface area contributed by atoms with E-state index < -0.39 is 16.7 Å². The number of carbonyl (C=O) groups is 2. The van der Waals surface area contributed by atoms with E-state index in [1.807, 2.05) is 5.43 Å². The van der Waals surface area contributed by atoms with Crippen LogP contribution in [0, 0.1) is 10.1 Å². The summed E-state index contributed by atoms with van der Waals surface area (Å²) in [5.41, 5.74) is 2.86. The SMILES string of the molecule is COc1ccc(CNC(=O)C(=O)N/N=C/c2ccccc2[N+](=O)[O-])cc1. The lowest BCUT2D eigenvalue weighted by molar-refractivity contribution is -0.385. The molecule has 9 nitrogen and oxygen atoms in total. The Morgan fingerprint density at radius 3 is 2.50 bits per heavy atom. The van der Waals surface area contributed by atoms with Crippen LogP contribution in [0.5, 0.6) is 5.75 Å². The van der Waals surface area contributed by atoms with Crippen molar-refractivity contribution < 1.29 is 19.2 Å². The second-order valence-corrected chi connectivity index (χ2v) is 5.05. The molecule has 26 heavy (non-hydrogen) atoms. The molecule has 0 saturated heterocycles. The highest BCUT2D eigenvalue weighted by Gasteiger charge is 2.13. The van der Waals surface area contributed by atoms with Gasteiger partial charge in [0.15, 0.2) is 0 Å². The van der Waals surface area contributed by atoms with Crippen LogP contribution in [-0.4, -0.2) is 30.1 Å². The summed E-state index contributed by atoms with van der Waals surface area (Å²) in [6, 6.07) is 12.9. The standard InChI is InChI=1S/C17H16N4O5/c1-26-14-8-6-12(7-9-14)10-18-16(22)17(23)20-19-11-13-4-2-3-5-15(13)21(24)25/h2-9,11H,10H2,1H3,(H,18,22)(H,20,23)/b19-11+. The molecule has 2 rings (SSSR count). The number of nitro benzene ring substituents is 1. The van der Waals surface area contributed by atoms with Gasteiger partial charge in [-0.1, -0.05) is 24.3 Å². The third-order valence-corrected chi connectivity index (χ3v) is 3.32. The lowest BCUT2D eigenvalue weighted by Crippen LogP contribution is -2.37. The van der Waals surface area contributed by atoms with Crippen molar-refractivity contribution in [1.82, 2.24) is 10.7 Å². The van der Waals surface area contributed by atoms with Crippen molar-refractivity contribution in [3.8, 4) is 5.75 Å². The smallest absolute Gasteiger partial charge is 0.329 e. The van der Waals surface area contributed by atoms with E-state index in [-0.39, 0.29) is 17.8 Å². The van der Waals surface area contributed by atoms with E-state index in [1.165, 1.54) is 18.2 Å². The van der Waals surface area contributed by atoms with Crippen molar-refractivity contribution in [2.75, 3.05) is 7.11 Å². The first kappa shape index (κ1) is 18.6. The van der Waals surface area contributed by atoms with Crippen LogP contribution in [0.3, 0.4) is 0 Å². The molecule has 2 amide bonds. The number of nitrogens with zero attached hydrogens (tertiary/aromatic N) is 2. The Kier molecular flexibility index (Phi) is 6.38. The number of rotatable bonds is 6. The van der Waals surface area contributed by atoms with Crippen LogP contribution in [-0.2, 0) is 16.1 Å². The van der Waals surface area contributed by atoms with Crippen LogP contribution in [0.25, 0.3) is 0 Å². The predicted octanol–water partition coefficient (Wildman–Crippen LogP) is 1.37. The van der Waals surface area contributed by atoms with Crippen LogP contribution in [0.2, 0.25) is 0 Å². The maximum atomic E-state index is 11.7. The monoisotopic (exact) mass is 356 g/mol. The fraction of sp³-hybridized carbons (Fsp3) is 0.118. The first-order valence-corrected chi connectivity index (χ1v) is 7.49. The molecule has 0 saturated carbocycles. The number of carbonyl (C=O) groups excluding carboxylic acids is 2. The number of para-hydroxylation sites is 1. The zero-order chi connectivity index (χ0) is 18.9. The molecule has 2 N–H and O–H groups in total. The van der Waals surface area contributed by atoms with Crippen LogP contribution in [0.15, 0.2) is 53.6 Å². The normalized spacial score (nSPS) is 10.3. The van der Waals surface area contributed by atoms with Gasteiger partial charge in [-0.3, -0.25) is 19.7 Å². The second kappa shape index (κ2) is 8.92. The van der Waals surface area contributed by atoms with Gasteiger partial charge in [0.25, 0.3) is 5.69 Å². The lowest BCUT2D eigenvalue weighted by Gasteiger charge is -2.05. The fourth-order valence-corrected chi connectivity index (χ4v) is 1.98. The highest BCUT2D eigenvalue weighted by atomic mass is 16.6. The summed E-state index contributed by atoms with van der Waals surface area (Å²) in [6.07, 6.45) is 1.10. The Hall–Kier alpha value is -3.75. The topological polar surface area (TPSA) is 123 Å². The highest BCUT2D eigenvalue weighted by Crippen LogP contribution is 2.15. The molecule has 0 spiro atoms. The molecule has 0 aromatic heterocycles. The van der Waals surface area contributed by atoms with E-state index in [2.05, 4.69) is 10.4 Å². The molecule has 2 aromatic carbocycles. The molecule has 0 atom stereocenters. The predicted molar refractivity (Wildman–Crippen MR) is 93.7 cm³/mol. The number of hydrogen-bond acceptors (Lipinski definition) is 6. The molecular weight excluding hydrogens is 340 g/mol. The Morgan fingerprint density at radius 1 is 1.15 bits per heavy atom. The fourth-order valence-electron chi connectivity index (χ4n) is 1.98. The van der Waals surface area contributed by atoms with Gasteiger partial charge in [-0.05, 0) is 23.8 Å². The van der Waals surface area contributed by atoms with Gasteiger partial charge in [0.1, 0.15) is 5.75 Å². The average molecular weight is 356 g/mol. The summed E-state index contributed by atoms with van der Waals surface area (Å²) in [7, 11) is 1.55. The maximum absolute atomic E-state index is 11.7. The number of hydrogen-bond donors (Lipinski definition) is 2. The van der Waals surface area contributed by atoms with Crippen molar-refractivity contribution >= 4 is 23.7 Å². The van der Waals surface area contributed by atoms with E-state index >= 15 is 0 Å². The third-order valence-electron chi connectivity index (χ3n) is 3.32. The number of amides is 2. The van der Waals surface area contributed by atoms with Gasteiger partial charge >= 0.3 is 11.8 Å². The van der Waals surface area contributed by atoms with E-state index in [0.717, 1.165) is 11.8 Å². The average Bonchev–Trinajstić information content (AvgIpc) is 2.66. The lowest BCUT2D eigenvalue weighted by atomic mass is 10.2. The summed E-state index contributed by atoms with van der Waals surface area (Å²) in [6.45, 7) is 0.157. The molecule has 0 aliphatic heterocycles. The van der Waals surface area contributed by atoms with Gasteiger partial charge in [0.2, 0.25) is 0 Å². The Bertz CT molecular complexity index is 833. The molecule has 0 aliphatic carbocycles. The molecule has 0 unspecified atom stereocenters. The van der Waals surface area contributed by atoms with Crippen LogP contribution >= 0.6 is 0 Å². The summed E-state index contributed by atoms with van der Waals surface area (Å²) in [4.78, 5) is 33.7. The van der Waals surface area contributed by atoms with Gasteiger partial charge in [-0.15, -0.1) is 0 Å². The Balaban J connectivity index is 1.87. The number of ether oxygens (including phenoxy) is 1. The number of nitrogens with one attached hydrogen (secondary N) is 2. The molecule has 0 radical (unpaired) electrons.